The number of fused-ring (bicyclic) bond motifs is 1. The van der Waals surface area contributed by atoms with Crippen LogP contribution in [-0.2, 0) is 11.2 Å². The summed E-state index contributed by atoms with van der Waals surface area (Å²) >= 11 is 0. The van der Waals surface area contributed by atoms with Gasteiger partial charge < -0.3 is 19.1 Å². The van der Waals surface area contributed by atoms with E-state index < -0.39 is 5.82 Å². The zero-order valence-electron chi connectivity index (χ0n) is 25.3. The van der Waals surface area contributed by atoms with Gasteiger partial charge in [-0.1, -0.05) is 30.3 Å². The minimum Gasteiger partial charge on any atom is -0.493 e. The van der Waals surface area contributed by atoms with Crippen LogP contribution in [0.25, 0.3) is 10.9 Å². The van der Waals surface area contributed by atoms with Gasteiger partial charge in [0.2, 0.25) is 0 Å². The Morgan fingerprint density at radius 3 is 2.66 bits per heavy atom. The van der Waals surface area contributed by atoms with Gasteiger partial charge in [0.15, 0.2) is 11.6 Å². The molecule has 3 aromatic carbocycles. The smallest absolute Gasteiger partial charge is 0.253 e. The lowest BCUT2D eigenvalue weighted by Gasteiger charge is -2.33. The van der Waals surface area contributed by atoms with Crippen molar-refractivity contribution in [3.8, 4) is 17.2 Å². The Bertz CT molecular complexity index is 1570. The summed E-state index contributed by atoms with van der Waals surface area (Å²) in [6.45, 7) is 8.46. The number of carbonyl (C=O) groups is 1. The summed E-state index contributed by atoms with van der Waals surface area (Å²) in [6.07, 6.45) is 5.54. The topological polar surface area (TPSA) is 64.1 Å². The summed E-state index contributed by atoms with van der Waals surface area (Å²) in [5.74, 6) is 1.02. The monoisotopic (exact) mass is 597 g/mol. The Labute approximate surface area is 258 Å². The lowest BCUT2D eigenvalue weighted by atomic mass is 9.91. The molecule has 2 saturated heterocycles. The fraction of sp³-hybridized carbons (Fsp3) is 0.389. The molecule has 1 amide bonds. The van der Waals surface area contributed by atoms with Crippen molar-refractivity contribution in [2.45, 2.75) is 32.6 Å². The van der Waals surface area contributed by atoms with E-state index >= 15 is 4.39 Å². The Kier molecular flexibility index (Phi) is 9.68. The second kappa shape index (κ2) is 14.2. The molecule has 0 radical (unpaired) electrons. The third-order valence-corrected chi connectivity index (χ3v) is 8.55. The summed E-state index contributed by atoms with van der Waals surface area (Å²) < 4.78 is 32.9. The first-order valence-electron chi connectivity index (χ1n) is 15.7. The van der Waals surface area contributed by atoms with Crippen molar-refractivity contribution >= 4 is 16.8 Å². The fourth-order valence-corrected chi connectivity index (χ4v) is 6.18. The van der Waals surface area contributed by atoms with Gasteiger partial charge in [-0.05, 0) is 80.0 Å². The molecule has 230 valence electrons. The zero-order chi connectivity index (χ0) is 30.3. The molecule has 0 saturated carbocycles. The number of hydrogen-bond donors (Lipinski definition) is 0. The predicted molar refractivity (Wildman–Crippen MR) is 169 cm³/mol. The number of rotatable bonds is 10. The molecule has 0 spiro atoms. The van der Waals surface area contributed by atoms with Crippen molar-refractivity contribution < 1.29 is 23.4 Å². The first-order chi connectivity index (χ1) is 21.5. The molecule has 6 rings (SSSR count). The summed E-state index contributed by atoms with van der Waals surface area (Å²) in [5, 5.41) is 0.767. The molecule has 2 aliphatic heterocycles. The largest absolute Gasteiger partial charge is 0.493 e. The van der Waals surface area contributed by atoms with Gasteiger partial charge in [-0.15, -0.1) is 0 Å². The van der Waals surface area contributed by atoms with Gasteiger partial charge >= 0.3 is 0 Å². The van der Waals surface area contributed by atoms with Gasteiger partial charge in [0.05, 0.1) is 25.3 Å². The Morgan fingerprint density at radius 1 is 1.00 bits per heavy atom. The van der Waals surface area contributed by atoms with Crippen LogP contribution in [0.1, 0.15) is 40.7 Å². The Balaban J connectivity index is 1.09. The number of piperidine rings is 1. The average molecular weight is 598 g/mol. The molecule has 4 aromatic rings. The van der Waals surface area contributed by atoms with E-state index in [0.717, 1.165) is 75.2 Å². The molecule has 0 N–H and O–H groups in total. The molecule has 1 atom stereocenters. The van der Waals surface area contributed by atoms with E-state index in [1.165, 1.54) is 11.6 Å². The molecule has 44 heavy (non-hydrogen) atoms. The van der Waals surface area contributed by atoms with Crippen molar-refractivity contribution in [3.05, 3.63) is 95.4 Å². The minimum atomic E-state index is -0.574. The van der Waals surface area contributed by atoms with Gasteiger partial charge in [0.1, 0.15) is 11.5 Å². The molecule has 0 aliphatic carbocycles. The molecule has 3 heterocycles. The standard InChI is InChI=1S/C36H40FN3O4/c1-26-21-30-32(24-35(26)43-18-6-14-39-16-19-42-20-17-39)38-13-12-33(30)44-34-11-10-29(23-31(34)37)36(41)40-15-5-9-28(25-40)22-27-7-3-2-4-8-27/h2-4,7-8,10-13,21,23-24,28H,5-6,9,14-20,22,25H2,1H3. The van der Waals surface area contributed by atoms with Crippen LogP contribution in [0.3, 0.4) is 0 Å². The highest BCUT2D eigenvalue weighted by atomic mass is 19.1. The Hall–Kier alpha value is -4.01. The molecule has 2 aliphatic rings. The van der Waals surface area contributed by atoms with Crippen LogP contribution in [0.5, 0.6) is 17.2 Å². The second-order valence-electron chi connectivity index (χ2n) is 11.8. The van der Waals surface area contributed by atoms with E-state index in [4.69, 9.17) is 14.2 Å². The zero-order valence-corrected chi connectivity index (χ0v) is 25.3. The summed E-state index contributed by atoms with van der Waals surface area (Å²) in [5.41, 5.74) is 3.27. The molecule has 7 nitrogen and oxygen atoms in total. The molecule has 0 bridgehead atoms. The fourth-order valence-electron chi connectivity index (χ4n) is 6.18. The van der Waals surface area contributed by atoms with Crippen molar-refractivity contribution in [2.75, 3.05) is 52.5 Å². The maximum Gasteiger partial charge on any atom is 0.253 e. The van der Waals surface area contributed by atoms with E-state index in [1.807, 2.05) is 42.2 Å². The third kappa shape index (κ3) is 7.37. The number of aryl methyl sites for hydroxylation is 1. The summed E-state index contributed by atoms with van der Waals surface area (Å²) in [6, 6.07) is 20.4. The first-order valence-corrected chi connectivity index (χ1v) is 15.7. The lowest BCUT2D eigenvalue weighted by molar-refractivity contribution is 0.0358. The number of aromatic nitrogens is 1. The maximum atomic E-state index is 15.3. The van der Waals surface area contributed by atoms with Crippen LogP contribution in [0, 0.1) is 18.7 Å². The van der Waals surface area contributed by atoms with Crippen LogP contribution < -0.4 is 9.47 Å². The van der Waals surface area contributed by atoms with Crippen molar-refractivity contribution in [3.63, 3.8) is 0 Å². The van der Waals surface area contributed by atoms with E-state index in [1.54, 1.807) is 24.4 Å². The van der Waals surface area contributed by atoms with Crippen molar-refractivity contribution in [1.29, 1.82) is 0 Å². The predicted octanol–water partition coefficient (Wildman–Crippen LogP) is 6.67. The van der Waals surface area contributed by atoms with Gasteiger partial charge in [0.25, 0.3) is 5.91 Å². The number of nitrogens with zero attached hydrogens (tertiary/aromatic N) is 3. The SMILES string of the molecule is Cc1cc2c(Oc3ccc(C(=O)N4CCCC(Cc5ccccc5)C4)cc3F)ccnc2cc1OCCCN1CCOCC1. The summed E-state index contributed by atoms with van der Waals surface area (Å²) in [4.78, 5) is 22.1. The van der Waals surface area contributed by atoms with Crippen molar-refractivity contribution in [1.82, 2.24) is 14.8 Å². The number of hydrogen-bond acceptors (Lipinski definition) is 6. The van der Waals surface area contributed by atoms with Gasteiger partial charge in [-0.25, -0.2) is 4.39 Å². The van der Waals surface area contributed by atoms with Crippen LogP contribution in [0.2, 0.25) is 0 Å². The number of benzene rings is 3. The molecular weight excluding hydrogens is 557 g/mol. The number of carbonyl (C=O) groups excluding carboxylic acids is 1. The van der Waals surface area contributed by atoms with Gasteiger partial charge in [-0.2, -0.15) is 0 Å². The number of amides is 1. The third-order valence-electron chi connectivity index (χ3n) is 8.55. The van der Waals surface area contributed by atoms with E-state index in [9.17, 15) is 4.79 Å². The number of likely N-dealkylation sites (tertiary alicyclic amines) is 1. The van der Waals surface area contributed by atoms with Crippen LogP contribution >= 0.6 is 0 Å². The van der Waals surface area contributed by atoms with Gasteiger partial charge in [0, 0.05) is 55.9 Å². The number of halogens is 1. The number of ether oxygens (including phenoxy) is 3. The van der Waals surface area contributed by atoms with Crippen LogP contribution in [-0.4, -0.2) is 73.2 Å². The molecule has 2 fully saturated rings. The van der Waals surface area contributed by atoms with Crippen LogP contribution in [0.15, 0.2) is 72.9 Å². The van der Waals surface area contributed by atoms with E-state index in [2.05, 4.69) is 22.0 Å². The summed E-state index contributed by atoms with van der Waals surface area (Å²) in [7, 11) is 0. The van der Waals surface area contributed by atoms with Crippen molar-refractivity contribution in [2.24, 2.45) is 5.92 Å². The molecule has 1 aromatic heterocycles. The normalized spacial score (nSPS) is 17.5. The molecule has 8 heteroatoms. The lowest BCUT2D eigenvalue weighted by Crippen LogP contribution is -2.40. The van der Waals surface area contributed by atoms with Crippen LogP contribution in [0.4, 0.5) is 4.39 Å². The highest BCUT2D eigenvalue weighted by Gasteiger charge is 2.25. The quantitative estimate of drug-likeness (QED) is 0.190. The van der Waals surface area contributed by atoms with E-state index in [-0.39, 0.29) is 11.7 Å². The minimum absolute atomic E-state index is 0.0655. The maximum absolute atomic E-state index is 15.3. The Morgan fingerprint density at radius 2 is 1.84 bits per heavy atom. The molecular formula is C36H40FN3O4. The average Bonchev–Trinajstić information content (AvgIpc) is 3.05. The highest BCUT2D eigenvalue weighted by Crippen LogP contribution is 2.34. The number of morpholine rings is 1. The highest BCUT2D eigenvalue weighted by molar-refractivity contribution is 5.94. The van der Waals surface area contributed by atoms with E-state index in [0.29, 0.717) is 42.4 Å². The molecule has 1 unspecified atom stereocenters. The second-order valence-corrected chi connectivity index (χ2v) is 11.8. The number of pyridine rings is 1. The first kappa shape index (κ1) is 30.0. The van der Waals surface area contributed by atoms with Gasteiger partial charge in [-0.3, -0.25) is 14.7 Å².